The third-order valence-electron chi connectivity index (χ3n) is 7.08. The second kappa shape index (κ2) is 12.0. The van der Waals surface area contributed by atoms with Crippen LogP contribution < -0.4 is 4.74 Å². The average Bonchev–Trinajstić information content (AvgIpc) is 2.87. The van der Waals surface area contributed by atoms with Crippen LogP contribution in [0.15, 0.2) is 54.7 Å². The summed E-state index contributed by atoms with van der Waals surface area (Å²) in [5.74, 6) is 1.50. The summed E-state index contributed by atoms with van der Waals surface area (Å²) in [6, 6.07) is 18.8. The Morgan fingerprint density at radius 1 is 1.03 bits per heavy atom. The highest BCUT2D eigenvalue weighted by molar-refractivity contribution is 5.79. The van der Waals surface area contributed by atoms with Gasteiger partial charge in [0.15, 0.2) is 0 Å². The van der Waals surface area contributed by atoms with Crippen LogP contribution in [0.5, 0.6) is 5.75 Å². The first-order valence-electron chi connectivity index (χ1n) is 12.6. The molecule has 1 aromatic heterocycles. The fourth-order valence-corrected chi connectivity index (χ4v) is 4.91. The molecule has 1 aliphatic rings. The minimum atomic E-state index is 0.579. The van der Waals surface area contributed by atoms with Crippen LogP contribution in [0, 0.1) is 18.3 Å². The van der Waals surface area contributed by atoms with Gasteiger partial charge in [0, 0.05) is 44.3 Å². The van der Waals surface area contributed by atoms with Crippen molar-refractivity contribution >= 4 is 10.9 Å². The van der Waals surface area contributed by atoms with E-state index in [1.165, 1.54) is 24.9 Å². The molecule has 34 heavy (non-hydrogen) atoms. The molecule has 0 amide bonds. The van der Waals surface area contributed by atoms with E-state index in [0.29, 0.717) is 12.5 Å². The molecule has 5 heteroatoms. The first-order valence-corrected chi connectivity index (χ1v) is 12.6. The topological polar surface area (TPSA) is 52.4 Å². The number of hydrogen-bond acceptors (Lipinski definition) is 5. The van der Waals surface area contributed by atoms with Crippen LogP contribution in [0.1, 0.15) is 48.8 Å². The predicted octanol–water partition coefficient (Wildman–Crippen LogP) is 5.39. The quantitative estimate of drug-likeness (QED) is 0.410. The maximum absolute atomic E-state index is 9.18. The number of piperazine rings is 1. The standard InChI is InChI=1S/C29H36N4O/c1-3-24(25-8-9-27(22-30)23(2)20-25)7-5-13-32-14-16-33(17-15-32)18-19-34-28-10-11-29-26(21-28)6-4-12-31-29/h4,6,8-12,20-21,24H,3,5,7,13-19H2,1-2H3. The van der Waals surface area contributed by atoms with Gasteiger partial charge in [-0.2, -0.15) is 5.26 Å². The molecule has 0 radical (unpaired) electrons. The number of hydrogen-bond donors (Lipinski definition) is 0. The largest absolute Gasteiger partial charge is 0.492 e. The smallest absolute Gasteiger partial charge is 0.120 e. The van der Waals surface area contributed by atoms with Crippen molar-refractivity contribution in [2.75, 3.05) is 45.9 Å². The van der Waals surface area contributed by atoms with Gasteiger partial charge in [-0.05, 0) is 80.1 Å². The van der Waals surface area contributed by atoms with Crippen molar-refractivity contribution in [3.63, 3.8) is 0 Å². The summed E-state index contributed by atoms with van der Waals surface area (Å²) in [6.45, 7) is 11.6. The Kier molecular flexibility index (Phi) is 8.51. The van der Waals surface area contributed by atoms with Crippen LogP contribution in [0.25, 0.3) is 10.9 Å². The lowest BCUT2D eigenvalue weighted by Gasteiger charge is -2.34. The third-order valence-corrected chi connectivity index (χ3v) is 7.08. The Morgan fingerprint density at radius 2 is 1.82 bits per heavy atom. The zero-order valence-electron chi connectivity index (χ0n) is 20.5. The SMILES string of the molecule is CCC(CCCN1CCN(CCOc2ccc3ncccc3c2)CC1)c1ccc(C#N)c(C)c1. The normalized spacial score (nSPS) is 15.8. The predicted molar refractivity (Wildman–Crippen MR) is 138 cm³/mol. The zero-order valence-corrected chi connectivity index (χ0v) is 20.5. The number of ether oxygens (including phenoxy) is 1. The fourth-order valence-electron chi connectivity index (χ4n) is 4.91. The maximum atomic E-state index is 9.18. The van der Waals surface area contributed by atoms with Crippen molar-refractivity contribution in [2.24, 2.45) is 0 Å². The highest BCUT2D eigenvalue weighted by atomic mass is 16.5. The number of aryl methyl sites for hydroxylation is 1. The van der Waals surface area contributed by atoms with E-state index in [9.17, 15) is 5.26 Å². The van der Waals surface area contributed by atoms with E-state index < -0.39 is 0 Å². The van der Waals surface area contributed by atoms with E-state index in [4.69, 9.17) is 4.74 Å². The molecule has 178 valence electrons. The Labute approximate surface area is 204 Å². The summed E-state index contributed by atoms with van der Waals surface area (Å²) in [6.07, 6.45) is 5.39. The van der Waals surface area contributed by atoms with Gasteiger partial charge in [-0.15, -0.1) is 0 Å². The van der Waals surface area contributed by atoms with Gasteiger partial charge in [0.05, 0.1) is 17.1 Å². The van der Waals surface area contributed by atoms with E-state index in [2.05, 4.69) is 52.0 Å². The van der Waals surface area contributed by atoms with E-state index in [0.717, 1.165) is 66.9 Å². The molecule has 0 aliphatic carbocycles. The lowest BCUT2D eigenvalue weighted by atomic mass is 9.90. The second-order valence-corrected chi connectivity index (χ2v) is 9.32. The van der Waals surface area contributed by atoms with Gasteiger partial charge in [-0.3, -0.25) is 9.88 Å². The van der Waals surface area contributed by atoms with Crippen LogP contribution in [-0.2, 0) is 0 Å². The minimum Gasteiger partial charge on any atom is -0.492 e. The molecule has 5 nitrogen and oxygen atoms in total. The number of rotatable bonds is 10. The Bertz CT molecular complexity index is 1110. The summed E-state index contributed by atoms with van der Waals surface area (Å²) >= 11 is 0. The van der Waals surface area contributed by atoms with Gasteiger partial charge in [-0.1, -0.05) is 25.1 Å². The molecule has 4 rings (SSSR count). The molecule has 0 spiro atoms. The number of pyridine rings is 1. The molecule has 2 aromatic carbocycles. The summed E-state index contributed by atoms with van der Waals surface area (Å²) in [5, 5.41) is 10.3. The van der Waals surface area contributed by atoms with E-state index >= 15 is 0 Å². The molecule has 1 atom stereocenters. The molecule has 1 unspecified atom stereocenters. The van der Waals surface area contributed by atoms with Crippen LogP contribution in [0.4, 0.5) is 0 Å². The van der Waals surface area contributed by atoms with Gasteiger partial charge in [0.1, 0.15) is 12.4 Å². The van der Waals surface area contributed by atoms with Gasteiger partial charge in [0.2, 0.25) is 0 Å². The molecule has 0 N–H and O–H groups in total. The summed E-state index contributed by atoms with van der Waals surface area (Å²) < 4.78 is 6.01. The monoisotopic (exact) mass is 456 g/mol. The van der Waals surface area contributed by atoms with Crippen molar-refractivity contribution in [1.82, 2.24) is 14.8 Å². The minimum absolute atomic E-state index is 0.579. The lowest BCUT2D eigenvalue weighted by molar-refractivity contribution is 0.115. The molecule has 1 saturated heterocycles. The van der Waals surface area contributed by atoms with Gasteiger partial charge < -0.3 is 9.64 Å². The number of benzene rings is 2. The summed E-state index contributed by atoms with van der Waals surface area (Å²) in [4.78, 5) is 9.47. The first-order chi connectivity index (χ1) is 16.7. The van der Waals surface area contributed by atoms with Crippen molar-refractivity contribution in [1.29, 1.82) is 5.26 Å². The van der Waals surface area contributed by atoms with Crippen LogP contribution in [0.2, 0.25) is 0 Å². The highest BCUT2D eigenvalue weighted by Gasteiger charge is 2.17. The van der Waals surface area contributed by atoms with Crippen molar-refractivity contribution in [3.8, 4) is 11.8 Å². The zero-order chi connectivity index (χ0) is 23.8. The molecule has 0 saturated carbocycles. The molecule has 1 aliphatic heterocycles. The lowest BCUT2D eigenvalue weighted by Crippen LogP contribution is -2.47. The van der Waals surface area contributed by atoms with Crippen LogP contribution in [0.3, 0.4) is 0 Å². The molecular weight excluding hydrogens is 420 g/mol. The van der Waals surface area contributed by atoms with E-state index in [1.54, 1.807) is 0 Å². The third kappa shape index (κ3) is 6.34. The van der Waals surface area contributed by atoms with E-state index in [1.807, 2.05) is 37.4 Å². The number of nitriles is 1. The summed E-state index contributed by atoms with van der Waals surface area (Å²) in [5.41, 5.74) is 4.27. The Balaban J connectivity index is 1.14. The second-order valence-electron chi connectivity index (χ2n) is 9.32. The molecule has 3 aromatic rings. The van der Waals surface area contributed by atoms with Gasteiger partial charge >= 0.3 is 0 Å². The van der Waals surface area contributed by atoms with Crippen molar-refractivity contribution in [3.05, 3.63) is 71.4 Å². The van der Waals surface area contributed by atoms with Crippen molar-refractivity contribution < 1.29 is 4.74 Å². The molecule has 2 heterocycles. The number of fused-ring (bicyclic) bond motifs is 1. The Hall–Kier alpha value is -2.94. The highest BCUT2D eigenvalue weighted by Crippen LogP contribution is 2.27. The molecular formula is C29H36N4O. The molecule has 0 bridgehead atoms. The fraction of sp³-hybridized carbons (Fsp3) is 0.448. The van der Waals surface area contributed by atoms with Crippen molar-refractivity contribution in [2.45, 2.75) is 39.0 Å². The van der Waals surface area contributed by atoms with Crippen LogP contribution in [-0.4, -0.2) is 60.7 Å². The maximum Gasteiger partial charge on any atom is 0.120 e. The van der Waals surface area contributed by atoms with Gasteiger partial charge in [0.25, 0.3) is 0 Å². The van der Waals surface area contributed by atoms with E-state index in [-0.39, 0.29) is 0 Å². The summed E-state index contributed by atoms with van der Waals surface area (Å²) in [7, 11) is 0. The van der Waals surface area contributed by atoms with Gasteiger partial charge in [-0.25, -0.2) is 0 Å². The Morgan fingerprint density at radius 3 is 2.56 bits per heavy atom. The number of nitrogens with zero attached hydrogens (tertiary/aromatic N) is 4. The average molecular weight is 457 g/mol. The first kappa shape index (κ1) is 24.2. The van der Waals surface area contributed by atoms with Crippen LogP contribution >= 0.6 is 0 Å². The molecule has 1 fully saturated rings. The number of aromatic nitrogens is 1.